The lowest BCUT2D eigenvalue weighted by Crippen LogP contribution is -2.40. The highest BCUT2D eigenvalue weighted by molar-refractivity contribution is 5.86. The van der Waals surface area contributed by atoms with Gasteiger partial charge in [0, 0.05) is 24.4 Å². The zero-order valence-electron chi connectivity index (χ0n) is 17.1. The van der Waals surface area contributed by atoms with Gasteiger partial charge in [0.1, 0.15) is 11.6 Å². The van der Waals surface area contributed by atoms with Crippen LogP contribution in [0, 0.1) is 24.5 Å². The van der Waals surface area contributed by atoms with Gasteiger partial charge in [0.25, 0.3) is 0 Å². The van der Waals surface area contributed by atoms with Crippen LogP contribution >= 0.6 is 0 Å². The second-order valence-electron chi connectivity index (χ2n) is 8.10. The van der Waals surface area contributed by atoms with Gasteiger partial charge in [0.2, 0.25) is 5.91 Å². The van der Waals surface area contributed by atoms with Crippen LogP contribution in [0.5, 0.6) is 0 Å². The Morgan fingerprint density at radius 3 is 2.47 bits per heavy atom. The molecule has 1 fully saturated rings. The summed E-state index contributed by atoms with van der Waals surface area (Å²) >= 11 is 0. The predicted molar refractivity (Wildman–Crippen MR) is 115 cm³/mol. The summed E-state index contributed by atoms with van der Waals surface area (Å²) in [7, 11) is 0. The monoisotopic (exact) mass is 408 g/mol. The highest BCUT2D eigenvalue weighted by Crippen LogP contribution is 2.25. The molecule has 3 aromatic carbocycles. The van der Waals surface area contributed by atoms with Crippen molar-refractivity contribution in [3.05, 3.63) is 82.9 Å². The molecule has 0 saturated carbocycles. The van der Waals surface area contributed by atoms with Crippen molar-refractivity contribution in [3.63, 3.8) is 0 Å². The van der Waals surface area contributed by atoms with Crippen LogP contribution in [0.4, 0.5) is 8.78 Å². The van der Waals surface area contributed by atoms with E-state index in [2.05, 4.69) is 10.2 Å². The van der Waals surface area contributed by atoms with Crippen LogP contribution in [-0.2, 0) is 17.9 Å². The standard InChI is InChI=1S/C25H26F2N2O/c1-17-6-7-18(14-24(17)27)15-28-25(30)19-10-12-29(13-11-19)16-20-8-9-23(26)22-5-3-2-4-21(20)22/h2-9,14,19H,10-13,15-16H2,1H3,(H,28,30). The Bertz CT molecular complexity index is 1060. The molecule has 1 heterocycles. The fourth-order valence-corrected chi connectivity index (χ4v) is 4.14. The fourth-order valence-electron chi connectivity index (χ4n) is 4.14. The lowest BCUT2D eigenvalue weighted by molar-refractivity contribution is -0.126. The average Bonchev–Trinajstić information content (AvgIpc) is 2.77. The molecular weight excluding hydrogens is 382 g/mol. The number of piperidine rings is 1. The Kier molecular flexibility index (Phi) is 6.09. The number of fused-ring (bicyclic) bond motifs is 1. The van der Waals surface area contributed by atoms with E-state index in [9.17, 15) is 13.6 Å². The van der Waals surface area contributed by atoms with Gasteiger partial charge >= 0.3 is 0 Å². The van der Waals surface area contributed by atoms with E-state index in [1.54, 1.807) is 13.0 Å². The SMILES string of the molecule is Cc1ccc(CNC(=O)C2CCN(Cc3ccc(F)c4ccccc34)CC2)cc1F. The summed E-state index contributed by atoms with van der Waals surface area (Å²) in [4.78, 5) is 14.9. The maximum absolute atomic E-state index is 14.0. The molecule has 1 amide bonds. The third-order valence-electron chi connectivity index (χ3n) is 6.02. The topological polar surface area (TPSA) is 32.3 Å². The summed E-state index contributed by atoms with van der Waals surface area (Å²) in [5.41, 5.74) is 2.48. The molecule has 3 nitrogen and oxygen atoms in total. The second-order valence-corrected chi connectivity index (χ2v) is 8.10. The maximum atomic E-state index is 14.0. The van der Waals surface area contributed by atoms with Crippen molar-refractivity contribution in [2.45, 2.75) is 32.9 Å². The van der Waals surface area contributed by atoms with E-state index in [0.717, 1.165) is 49.0 Å². The number of aryl methyl sites for hydroxylation is 1. The van der Waals surface area contributed by atoms with Gasteiger partial charge in [-0.05, 0) is 67.1 Å². The first-order valence-corrected chi connectivity index (χ1v) is 10.4. The molecule has 1 aliphatic rings. The minimum atomic E-state index is -0.247. The number of benzene rings is 3. The smallest absolute Gasteiger partial charge is 0.223 e. The van der Waals surface area contributed by atoms with E-state index >= 15 is 0 Å². The van der Waals surface area contributed by atoms with Crippen molar-refractivity contribution in [2.24, 2.45) is 5.92 Å². The summed E-state index contributed by atoms with van der Waals surface area (Å²) < 4.78 is 27.7. The number of hydrogen-bond donors (Lipinski definition) is 1. The summed E-state index contributed by atoms with van der Waals surface area (Å²) in [6, 6.07) is 16.0. The summed E-state index contributed by atoms with van der Waals surface area (Å²) in [6.07, 6.45) is 1.57. The highest BCUT2D eigenvalue weighted by Gasteiger charge is 2.25. The van der Waals surface area contributed by atoms with Crippen LogP contribution in [0.3, 0.4) is 0 Å². The van der Waals surface area contributed by atoms with E-state index in [4.69, 9.17) is 0 Å². The Labute approximate surface area is 175 Å². The van der Waals surface area contributed by atoms with E-state index in [1.807, 2.05) is 36.4 Å². The number of nitrogens with zero attached hydrogens (tertiary/aromatic N) is 1. The van der Waals surface area contributed by atoms with E-state index in [-0.39, 0.29) is 23.5 Å². The minimum Gasteiger partial charge on any atom is -0.352 e. The van der Waals surface area contributed by atoms with Gasteiger partial charge in [0.15, 0.2) is 0 Å². The summed E-state index contributed by atoms with van der Waals surface area (Å²) in [5, 5.41) is 4.54. The van der Waals surface area contributed by atoms with Crippen LogP contribution in [0.25, 0.3) is 10.8 Å². The molecule has 1 saturated heterocycles. The van der Waals surface area contributed by atoms with Crippen molar-refractivity contribution in [1.29, 1.82) is 0 Å². The Morgan fingerprint density at radius 2 is 1.73 bits per heavy atom. The van der Waals surface area contributed by atoms with Gasteiger partial charge in [-0.15, -0.1) is 0 Å². The molecule has 3 aromatic rings. The quantitative estimate of drug-likeness (QED) is 0.648. The van der Waals surface area contributed by atoms with Gasteiger partial charge < -0.3 is 5.32 Å². The number of amides is 1. The third-order valence-corrected chi connectivity index (χ3v) is 6.02. The first kappa shape index (κ1) is 20.5. The van der Waals surface area contributed by atoms with E-state index in [1.165, 1.54) is 12.1 Å². The first-order valence-electron chi connectivity index (χ1n) is 10.4. The van der Waals surface area contributed by atoms with Gasteiger partial charge in [-0.25, -0.2) is 8.78 Å². The number of carbonyl (C=O) groups is 1. The lowest BCUT2D eigenvalue weighted by Gasteiger charge is -2.31. The summed E-state index contributed by atoms with van der Waals surface area (Å²) in [6.45, 7) is 4.46. The van der Waals surface area contributed by atoms with Crippen LogP contribution < -0.4 is 5.32 Å². The predicted octanol–water partition coefficient (Wildman–Crippen LogP) is 4.95. The van der Waals surface area contributed by atoms with Crippen molar-refractivity contribution >= 4 is 16.7 Å². The number of likely N-dealkylation sites (tertiary alicyclic amines) is 1. The molecule has 0 aliphatic carbocycles. The second kappa shape index (κ2) is 8.92. The van der Waals surface area contributed by atoms with Gasteiger partial charge in [0.05, 0.1) is 0 Å². The van der Waals surface area contributed by atoms with Crippen molar-refractivity contribution in [1.82, 2.24) is 10.2 Å². The zero-order valence-corrected chi connectivity index (χ0v) is 17.1. The minimum absolute atomic E-state index is 0.0264. The molecule has 0 radical (unpaired) electrons. The van der Waals surface area contributed by atoms with Crippen LogP contribution in [-0.4, -0.2) is 23.9 Å². The number of rotatable bonds is 5. The van der Waals surface area contributed by atoms with Crippen molar-refractivity contribution in [3.8, 4) is 0 Å². The van der Waals surface area contributed by atoms with E-state index < -0.39 is 0 Å². The third kappa shape index (κ3) is 4.51. The van der Waals surface area contributed by atoms with Gasteiger partial charge in [-0.1, -0.05) is 42.5 Å². The Hall–Kier alpha value is -2.79. The average molecular weight is 408 g/mol. The molecule has 0 unspecified atom stereocenters. The number of halogens is 2. The fraction of sp³-hybridized carbons (Fsp3) is 0.320. The first-order chi connectivity index (χ1) is 14.5. The van der Waals surface area contributed by atoms with Crippen molar-refractivity contribution < 1.29 is 13.6 Å². The molecule has 4 rings (SSSR count). The molecule has 30 heavy (non-hydrogen) atoms. The Morgan fingerprint density at radius 1 is 1.00 bits per heavy atom. The number of nitrogens with one attached hydrogen (secondary N) is 1. The summed E-state index contributed by atoms with van der Waals surface area (Å²) in [5.74, 6) is -0.439. The number of carbonyl (C=O) groups excluding carboxylic acids is 1. The number of hydrogen-bond acceptors (Lipinski definition) is 2. The molecule has 0 bridgehead atoms. The molecule has 1 aliphatic heterocycles. The molecular formula is C25H26F2N2O. The van der Waals surface area contributed by atoms with E-state index in [0.29, 0.717) is 17.5 Å². The van der Waals surface area contributed by atoms with Crippen molar-refractivity contribution in [2.75, 3.05) is 13.1 Å². The molecule has 156 valence electrons. The molecule has 1 N–H and O–H groups in total. The van der Waals surface area contributed by atoms with Crippen LogP contribution in [0.15, 0.2) is 54.6 Å². The Balaban J connectivity index is 1.31. The molecule has 5 heteroatoms. The molecule has 0 spiro atoms. The van der Waals surface area contributed by atoms with Crippen LogP contribution in [0.2, 0.25) is 0 Å². The lowest BCUT2D eigenvalue weighted by atomic mass is 9.95. The zero-order chi connectivity index (χ0) is 21.1. The highest BCUT2D eigenvalue weighted by atomic mass is 19.1. The largest absolute Gasteiger partial charge is 0.352 e. The molecule has 0 atom stereocenters. The van der Waals surface area contributed by atoms with Gasteiger partial charge in [-0.2, -0.15) is 0 Å². The van der Waals surface area contributed by atoms with Gasteiger partial charge in [-0.3, -0.25) is 9.69 Å². The van der Waals surface area contributed by atoms with Crippen LogP contribution in [0.1, 0.15) is 29.5 Å². The normalized spacial score (nSPS) is 15.4. The maximum Gasteiger partial charge on any atom is 0.223 e. The molecule has 0 aromatic heterocycles.